The highest BCUT2D eigenvalue weighted by molar-refractivity contribution is 6.31. The maximum absolute atomic E-state index is 13.2. The molecular weight excluding hydrogens is 426 g/mol. The lowest BCUT2D eigenvalue weighted by molar-refractivity contribution is -0.123. The van der Waals surface area contributed by atoms with Gasteiger partial charge in [-0.2, -0.15) is 0 Å². The highest BCUT2D eigenvalue weighted by atomic mass is 35.5. The standard InChI is InChI=1S/C25H22ClN3O3/c1-2-6-18(26)7-5-10-21-22(19-8-3-4-9-20(19)24(31)29-21)25(32)28-15-16-11-13-17(14-12-16)23(27)30/h1,3-9,11-14,21-22H,10,15H2,(H2,27,30)(H,28,32)(H,29,31)/b7-5-,18-6+/t21-,22+/m0/s1. The molecule has 1 aliphatic heterocycles. The summed E-state index contributed by atoms with van der Waals surface area (Å²) in [5.74, 6) is 0.792. The average molecular weight is 448 g/mol. The maximum Gasteiger partial charge on any atom is 0.251 e. The second-order valence-corrected chi connectivity index (χ2v) is 7.69. The minimum absolute atomic E-state index is 0.222. The van der Waals surface area contributed by atoms with Crippen LogP contribution in [0.15, 0.2) is 71.8 Å². The number of benzene rings is 2. The summed E-state index contributed by atoms with van der Waals surface area (Å²) >= 11 is 5.99. The normalized spacial score (nSPS) is 17.9. The van der Waals surface area contributed by atoms with Crippen molar-refractivity contribution in [3.05, 3.63) is 94.0 Å². The minimum atomic E-state index is -0.589. The molecule has 0 aromatic heterocycles. The molecule has 0 saturated heterocycles. The van der Waals surface area contributed by atoms with Gasteiger partial charge in [-0.3, -0.25) is 14.4 Å². The summed E-state index contributed by atoms with van der Waals surface area (Å²) in [6.07, 6.45) is 10.4. The van der Waals surface area contributed by atoms with Gasteiger partial charge in [0.25, 0.3) is 5.91 Å². The Bertz CT molecular complexity index is 1130. The SMILES string of the molecule is C#C/C=C(Cl)\C=C/C[C@@H]1NC(=O)c2ccccc2[C@H]1C(=O)NCc1ccc(C(N)=O)cc1. The van der Waals surface area contributed by atoms with E-state index in [4.69, 9.17) is 23.8 Å². The van der Waals surface area contributed by atoms with E-state index in [-0.39, 0.29) is 18.4 Å². The summed E-state index contributed by atoms with van der Waals surface area (Å²) in [4.78, 5) is 37.0. The Morgan fingerprint density at radius 2 is 1.91 bits per heavy atom. The second kappa shape index (κ2) is 10.5. The molecule has 0 bridgehead atoms. The highest BCUT2D eigenvalue weighted by Gasteiger charge is 2.37. The molecule has 3 amide bonds. The number of allylic oxidation sites excluding steroid dienone is 3. The summed E-state index contributed by atoms with van der Waals surface area (Å²) in [6.45, 7) is 0.268. The second-order valence-electron chi connectivity index (χ2n) is 7.26. The monoisotopic (exact) mass is 447 g/mol. The first-order valence-electron chi connectivity index (χ1n) is 9.95. The van der Waals surface area contributed by atoms with E-state index in [9.17, 15) is 14.4 Å². The van der Waals surface area contributed by atoms with E-state index < -0.39 is 17.9 Å². The zero-order chi connectivity index (χ0) is 23.1. The number of halogens is 1. The molecule has 0 fully saturated rings. The third kappa shape index (κ3) is 5.45. The van der Waals surface area contributed by atoms with Gasteiger partial charge in [0.15, 0.2) is 0 Å². The molecule has 4 N–H and O–H groups in total. The first kappa shape index (κ1) is 22.9. The Balaban J connectivity index is 1.79. The van der Waals surface area contributed by atoms with Crippen molar-refractivity contribution < 1.29 is 14.4 Å². The lowest BCUT2D eigenvalue weighted by atomic mass is 9.82. The number of amides is 3. The fourth-order valence-corrected chi connectivity index (χ4v) is 3.73. The van der Waals surface area contributed by atoms with E-state index in [0.717, 1.165) is 5.56 Å². The summed E-state index contributed by atoms with van der Waals surface area (Å²) in [5.41, 5.74) is 7.62. The van der Waals surface area contributed by atoms with Crippen LogP contribution in [-0.2, 0) is 11.3 Å². The van der Waals surface area contributed by atoms with Crippen molar-refractivity contribution in [1.29, 1.82) is 0 Å². The Morgan fingerprint density at radius 1 is 1.19 bits per heavy atom. The van der Waals surface area contributed by atoms with Crippen LogP contribution < -0.4 is 16.4 Å². The van der Waals surface area contributed by atoms with Crippen LogP contribution in [0.5, 0.6) is 0 Å². The van der Waals surface area contributed by atoms with Gasteiger partial charge in [-0.15, -0.1) is 6.42 Å². The zero-order valence-electron chi connectivity index (χ0n) is 17.2. The van der Waals surface area contributed by atoms with Crippen molar-refractivity contribution in [2.45, 2.75) is 24.9 Å². The number of primary amides is 1. The van der Waals surface area contributed by atoms with Crippen LogP contribution in [0, 0.1) is 12.3 Å². The predicted octanol–water partition coefficient (Wildman–Crippen LogP) is 3.00. The largest absolute Gasteiger partial charge is 0.366 e. The summed E-state index contributed by atoms with van der Waals surface area (Å²) in [7, 11) is 0. The molecule has 0 unspecified atom stereocenters. The molecule has 0 radical (unpaired) electrons. The topological polar surface area (TPSA) is 101 Å². The minimum Gasteiger partial charge on any atom is -0.366 e. The zero-order valence-corrected chi connectivity index (χ0v) is 17.9. The van der Waals surface area contributed by atoms with Crippen LogP contribution in [0.4, 0.5) is 0 Å². The molecule has 2 atom stereocenters. The molecule has 2 aromatic rings. The molecule has 0 saturated carbocycles. The van der Waals surface area contributed by atoms with Crippen LogP contribution in [0.25, 0.3) is 0 Å². The number of nitrogens with one attached hydrogen (secondary N) is 2. The van der Waals surface area contributed by atoms with Gasteiger partial charge >= 0.3 is 0 Å². The molecule has 0 spiro atoms. The fourth-order valence-electron chi connectivity index (χ4n) is 3.58. The number of fused-ring (bicyclic) bond motifs is 1. The van der Waals surface area contributed by atoms with Crippen molar-refractivity contribution in [2.24, 2.45) is 5.73 Å². The molecule has 3 rings (SSSR count). The number of terminal acetylenes is 1. The van der Waals surface area contributed by atoms with Crippen molar-refractivity contribution in [1.82, 2.24) is 10.6 Å². The molecule has 1 aliphatic rings. The van der Waals surface area contributed by atoms with E-state index in [0.29, 0.717) is 28.1 Å². The number of hydrogen-bond donors (Lipinski definition) is 3. The third-order valence-electron chi connectivity index (χ3n) is 5.14. The van der Waals surface area contributed by atoms with Gasteiger partial charge in [-0.25, -0.2) is 0 Å². The number of carbonyl (C=O) groups is 3. The van der Waals surface area contributed by atoms with Crippen LogP contribution in [0.1, 0.15) is 44.2 Å². The molecule has 1 heterocycles. The highest BCUT2D eigenvalue weighted by Crippen LogP contribution is 2.30. The lowest BCUT2D eigenvalue weighted by Crippen LogP contribution is -2.49. The third-order valence-corrected chi connectivity index (χ3v) is 5.37. The van der Waals surface area contributed by atoms with E-state index in [2.05, 4.69) is 16.6 Å². The average Bonchev–Trinajstić information content (AvgIpc) is 2.78. The summed E-state index contributed by atoms with van der Waals surface area (Å²) in [6, 6.07) is 13.3. The van der Waals surface area contributed by atoms with Crippen LogP contribution in [0.3, 0.4) is 0 Å². The molecule has 0 aliphatic carbocycles. The lowest BCUT2D eigenvalue weighted by Gasteiger charge is -2.32. The first-order valence-corrected chi connectivity index (χ1v) is 10.3. The fraction of sp³-hybridized carbons (Fsp3) is 0.160. The van der Waals surface area contributed by atoms with E-state index in [1.807, 2.05) is 0 Å². The molecular formula is C25H22ClN3O3. The first-order chi connectivity index (χ1) is 15.4. The molecule has 32 heavy (non-hydrogen) atoms. The van der Waals surface area contributed by atoms with Crippen molar-refractivity contribution in [2.75, 3.05) is 0 Å². The number of carbonyl (C=O) groups excluding carboxylic acids is 3. The van der Waals surface area contributed by atoms with Gasteiger partial charge in [0, 0.05) is 34.8 Å². The molecule has 2 aromatic carbocycles. The van der Waals surface area contributed by atoms with Crippen molar-refractivity contribution >= 4 is 29.3 Å². The smallest absolute Gasteiger partial charge is 0.251 e. The van der Waals surface area contributed by atoms with Gasteiger partial charge in [-0.05, 0) is 41.8 Å². The van der Waals surface area contributed by atoms with Gasteiger partial charge in [0.1, 0.15) is 0 Å². The molecule has 7 heteroatoms. The predicted molar refractivity (Wildman–Crippen MR) is 124 cm³/mol. The summed E-state index contributed by atoms with van der Waals surface area (Å²) in [5, 5.41) is 6.23. The Morgan fingerprint density at radius 3 is 2.59 bits per heavy atom. The van der Waals surface area contributed by atoms with E-state index in [1.54, 1.807) is 60.7 Å². The van der Waals surface area contributed by atoms with Crippen molar-refractivity contribution in [3.8, 4) is 12.3 Å². The number of hydrogen-bond acceptors (Lipinski definition) is 3. The summed E-state index contributed by atoms with van der Waals surface area (Å²) < 4.78 is 0. The van der Waals surface area contributed by atoms with E-state index in [1.165, 1.54) is 6.08 Å². The molecule has 162 valence electrons. The van der Waals surface area contributed by atoms with Crippen LogP contribution >= 0.6 is 11.6 Å². The quantitative estimate of drug-likeness (QED) is 0.449. The van der Waals surface area contributed by atoms with Crippen molar-refractivity contribution in [3.63, 3.8) is 0 Å². The van der Waals surface area contributed by atoms with Gasteiger partial charge in [0.05, 0.1) is 5.92 Å². The van der Waals surface area contributed by atoms with Gasteiger partial charge in [0.2, 0.25) is 11.8 Å². The Hall–Kier alpha value is -3.82. The Kier molecular flexibility index (Phi) is 7.48. The van der Waals surface area contributed by atoms with Gasteiger partial charge < -0.3 is 16.4 Å². The number of rotatable bonds is 7. The van der Waals surface area contributed by atoms with Gasteiger partial charge in [-0.1, -0.05) is 53.9 Å². The Labute approximate surface area is 191 Å². The number of nitrogens with two attached hydrogens (primary N) is 1. The van der Waals surface area contributed by atoms with E-state index >= 15 is 0 Å². The van der Waals surface area contributed by atoms with Crippen LogP contribution in [-0.4, -0.2) is 23.8 Å². The van der Waals surface area contributed by atoms with Crippen LogP contribution in [0.2, 0.25) is 0 Å². The molecule has 6 nitrogen and oxygen atoms in total. The maximum atomic E-state index is 13.2.